The Hall–Kier alpha value is -3.28. The number of esters is 1. The molecule has 2 aliphatic rings. The molecule has 3 heterocycles. The van der Waals surface area contributed by atoms with E-state index in [0.717, 1.165) is 17.2 Å². The van der Waals surface area contributed by atoms with Crippen molar-refractivity contribution in [1.82, 2.24) is 14.8 Å². The van der Waals surface area contributed by atoms with Crippen molar-refractivity contribution in [2.45, 2.75) is 24.9 Å². The van der Waals surface area contributed by atoms with Crippen LogP contribution >= 0.6 is 11.8 Å². The van der Waals surface area contributed by atoms with Crippen molar-refractivity contribution in [2.75, 3.05) is 12.4 Å². The number of nitrogens with zero attached hydrogens (tertiary/aromatic N) is 2. The van der Waals surface area contributed by atoms with E-state index in [9.17, 15) is 34.2 Å². The Morgan fingerprint density at radius 1 is 1.34 bits per heavy atom. The molecule has 29 heavy (non-hydrogen) atoms. The van der Waals surface area contributed by atoms with E-state index < -0.39 is 46.3 Å². The molecule has 1 aromatic heterocycles. The standard InChI is InChI=1S/C17H17N3O8S/c1-8(21)28-6-9-7-29-16-13(15(25)20(16)14(9)17(26)27)18-12(24)5-19-3-2-10(22)11(23)4-19/h2-4,13,16,23H,5-7H2,1H3,(H,18,24)(H,26,27)/t13-,16-/m1/s1. The van der Waals surface area contributed by atoms with Gasteiger partial charge in [0, 0.05) is 30.5 Å². The van der Waals surface area contributed by atoms with Crippen LogP contribution < -0.4 is 10.7 Å². The highest BCUT2D eigenvalue weighted by Gasteiger charge is 2.54. The van der Waals surface area contributed by atoms with Gasteiger partial charge < -0.3 is 24.8 Å². The number of carbonyl (C=O) groups is 4. The first-order chi connectivity index (χ1) is 13.7. The van der Waals surface area contributed by atoms with Gasteiger partial charge in [0.25, 0.3) is 5.91 Å². The van der Waals surface area contributed by atoms with Gasteiger partial charge in [-0.05, 0) is 0 Å². The van der Waals surface area contributed by atoms with Crippen molar-refractivity contribution < 1.29 is 34.1 Å². The molecule has 2 aliphatic heterocycles. The Bertz CT molecular complexity index is 985. The number of carboxylic acid groups (broad SMARTS) is 1. The third-order valence-corrected chi connectivity index (χ3v) is 5.64. The van der Waals surface area contributed by atoms with Crippen LogP contribution in [0.25, 0.3) is 0 Å². The van der Waals surface area contributed by atoms with Gasteiger partial charge in [0.2, 0.25) is 11.3 Å². The molecule has 0 radical (unpaired) electrons. The molecule has 2 atom stereocenters. The number of fused-ring (bicyclic) bond motifs is 1. The second kappa shape index (κ2) is 7.99. The molecule has 0 unspecified atom stereocenters. The summed E-state index contributed by atoms with van der Waals surface area (Å²) in [6, 6.07) is 0.190. The summed E-state index contributed by atoms with van der Waals surface area (Å²) < 4.78 is 6.13. The van der Waals surface area contributed by atoms with Crippen molar-refractivity contribution in [3.63, 3.8) is 0 Å². The number of amides is 2. The van der Waals surface area contributed by atoms with Gasteiger partial charge in [0.15, 0.2) is 5.75 Å². The van der Waals surface area contributed by atoms with Crippen LogP contribution in [-0.2, 0) is 30.5 Å². The van der Waals surface area contributed by atoms with E-state index in [0.29, 0.717) is 5.57 Å². The van der Waals surface area contributed by atoms with E-state index in [4.69, 9.17) is 4.74 Å². The maximum Gasteiger partial charge on any atom is 0.352 e. The molecule has 12 heteroatoms. The van der Waals surface area contributed by atoms with Crippen LogP contribution in [0, 0.1) is 0 Å². The molecule has 0 aliphatic carbocycles. The molecule has 11 nitrogen and oxygen atoms in total. The van der Waals surface area contributed by atoms with E-state index in [1.807, 2.05) is 0 Å². The summed E-state index contributed by atoms with van der Waals surface area (Å²) in [5, 5.41) is 20.8. The first-order valence-electron chi connectivity index (χ1n) is 8.41. The largest absolute Gasteiger partial charge is 0.503 e. The number of rotatable bonds is 6. The lowest BCUT2D eigenvalue weighted by atomic mass is 10.0. The topological polar surface area (TPSA) is 155 Å². The van der Waals surface area contributed by atoms with Crippen LogP contribution in [0.2, 0.25) is 0 Å². The number of thioether (sulfide) groups is 1. The van der Waals surface area contributed by atoms with Crippen molar-refractivity contribution >= 4 is 35.5 Å². The summed E-state index contributed by atoms with van der Waals surface area (Å²) in [4.78, 5) is 59.6. The van der Waals surface area contributed by atoms with Gasteiger partial charge in [-0.2, -0.15) is 0 Å². The zero-order valence-corrected chi connectivity index (χ0v) is 16.0. The van der Waals surface area contributed by atoms with Gasteiger partial charge >= 0.3 is 11.9 Å². The molecule has 2 amide bonds. The van der Waals surface area contributed by atoms with Gasteiger partial charge in [0.1, 0.15) is 30.3 Å². The Balaban J connectivity index is 1.69. The number of nitrogens with one attached hydrogen (secondary N) is 1. The molecule has 1 aromatic rings. The third kappa shape index (κ3) is 4.11. The number of hydrogen-bond donors (Lipinski definition) is 3. The Kier molecular flexibility index (Phi) is 5.64. The highest BCUT2D eigenvalue weighted by atomic mass is 32.2. The van der Waals surface area contributed by atoms with E-state index in [-0.39, 0.29) is 24.6 Å². The summed E-state index contributed by atoms with van der Waals surface area (Å²) in [6.45, 7) is 0.726. The third-order valence-electron chi connectivity index (χ3n) is 4.30. The van der Waals surface area contributed by atoms with Crippen molar-refractivity contribution in [2.24, 2.45) is 0 Å². The average molecular weight is 423 g/mol. The molecule has 3 rings (SSSR count). The zero-order valence-electron chi connectivity index (χ0n) is 15.2. The van der Waals surface area contributed by atoms with Crippen LogP contribution in [0.3, 0.4) is 0 Å². The van der Waals surface area contributed by atoms with Crippen LogP contribution in [-0.4, -0.2) is 67.2 Å². The minimum atomic E-state index is -1.32. The molecule has 0 spiro atoms. The second-order valence-electron chi connectivity index (χ2n) is 6.36. The lowest BCUT2D eigenvalue weighted by Crippen LogP contribution is -2.70. The van der Waals surface area contributed by atoms with E-state index in [2.05, 4.69) is 5.32 Å². The molecule has 154 valence electrons. The number of carbonyl (C=O) groups excluding carboxylic acids is 3. The molecule has 0 bridgehead atoms. The number of hydrogen-bond acceptors (Lipinski definition) is 8. The quantitative estimate of drug-likeness (QED) is 0.380. The van der Waals surface area contributed by atoms with Crippen LogP contribution in [0.5, 0.6) is 5.75 Å². The van der Waals surface area contributed by atoms with Gasteiger partial charge in [0.05, 0.1) is 6.20 Å². The summed E-state index contributed by atoms with van der Waals surface area (Å²) in [5.74, 6) is -3.30. The molecular weight excluding hydrogens is 406 g/mol. The molecule has 0 saturated carbocycles. The number of β-lactam (4-membered cyclic amide) rings is 1. The lowest BCUT2D eigenvalue weighted by molar-refractivity contribution is -0.151. The average Bonchev–Trinajstić information content (AvgIpc) is 2.66. The van der Waals surface area contributed by atoms with E-state index >= 15 is 0 Å². The maximum absolute atomic E-state index is 12.5. The SMILES string of the molecule is CC(=O)OCC1=C(C(=O)O)N2C(=O)[C@@H](NC(=O)Cn3ccc(=O)c(O)c3)[C@H]2SC1. The number of aromatic nitrogens is 1. The minimum absolute atomic E-state index is 0.226. The summed E-state index contributed by atoms with van der Waals surface area (Å²) >= 11 is 1.25. The fraction of sp³-hybridized carbons (Fsp3) is 0.353. The smallest absolute Gasteiger partial charge is 0.352 e. The van der Waals surface area contributed by atoms with Crippen LogP contribution in [0.1, 0.15) is 6.92 Å². The zero-order chi connectivity index (χ0) is 21.3. The number of aromatic hydroxyl groups is 1. The molecular formula is C17H17N3O8S. The highest BCUT2D eigenvalue weighted by molar-refractivity contribution is 8.00. The summed E-state index contributed by atoms with van der Waals surface area (Å²) in [7, 11) is 0. The predicted molar refractivity (Wildman–Crippen MR) is 98.7 cm³/mol. The van der Waals surface area contributed by atoms with Gasteiger partial charge in [-0.1, -0.05) is 0 Å². The van der Waals surface area contributed by atoms with Crippen molar-refractivity contribution in [1.29, 1.82) is 0 Å². The maximum atomic E-state index is 12.5. The lowest BCUT2D eigenvalue weighted by Gasteiger charge is -2.49. The minimum Gasteiger partial charge on any atom is -0.503 e. The van der Waals surface area contributed by atoms with Gasteiger partial charge in [-0.3, -0.25) is 24.1 Å². The molecule has 1 fully saturated rings. The van der Waals surface area contributed by atoms with Gasteiger partial charge in [-0.25, -0.2) is 4.79 Å². The number of aliphatic carboxylic acids is 1. The van der Waals surface area contributed by atoms with Crippen LogP contribution in [0.4, 0.5) is 0 Å². The molecule has 0 aromatic carbocycles. The fourth-order valence-corrected chi connectivity index (χ4v) is 4.31. The Labute approximate surface area is 167 Å². The molecule has 3 N–H and O–H groups in total. The Morgan fingerprint density at radius 3 is 2.69 bits per heavy atom. The number of pyridine rings is 1. The first kappa shape index (κ1) is 20.5. The van der Waals surface area contributed by atoms with E-state index in [1.165, 1.54) is 29.4 Å². The first-order valence-corrected chi connectivity index (χ1v) is 9.45. The van der Waals surface area contributed by atoms with Crippen molar-refractivity contribution in [3.8, 4) is 5.75 Å². The highest BCUT2D eigenvalue weighted by Crippen LogP contribution is 2.40. The molecule has 1 saturated heterocycles. The Morgan fingerprint density at radius 2 is 2.07 bits per heavy atom. The second-order valence-corrected chi connectivity index (χ2v) is 7.46. The van der Waals surface area contributed by atoms with Gasteiger partial charge in [-0.15, -0.1) is 11.8 Å². The number of ether oxygens (including phenoxy) is 1. The number of carboxylic acids is 1. The fourth-order valence-electron chi connectivity index (χ4n) is 2.98. The van der Waals surface area contributed by atoms with Crippen LogP contribution in [0.15, 0.2) is 34.5 Å². The van der Waals surface area contributed by atoms with Crippen molar-refractivity contribution in [3.05, 3.63) is 40.0 Å². The monoisotopic (exact) mass is 423 g/mol. The van der Waals surface area contributed by atoms with E-state index in [1.54, 1.807) is 0 Å². The summed E-state index contributed by atoms with van der Waals surface area (Å²) in [5.41, 5.74) is -0.519. The predicted octanol–water partition coefficient (Wildman–Crippen LogP) is -1.14. The summed E-state index contributed by atoms with van der Waals surface area (Å²) in [6.07, 6.45) is 2.41. The normalized spacial score (nSPS) is 20.6.